The molecule has 0 aromatic heterocycles. The first kappa shape index (κ1) is 19.3. The zero-order chi connectivity index (χ0) is 20.4. The Morgan fingerprint density at radius 1 is 1.00 bits per heavy atom. The summed E-state index contributed by atoms with van der Waals surface area (Å²) in [5.74, 6) is -0.819. The number of rotatable bonds is 4. The predicted molar refractivity (Wildman–Crippen MR) is 108 cm³/mol. The normalized spacial score (nSPS) is 17.4. The lowest BCUT2D eigenvalue weighted by atomic mass is 9.98. The summed E-state index contributed by atoms with van der Waals surface area (Å²) in [5.41, 5.74) is 3.89. The summed E-state index contributed by atoms with van der Waals surface area (Å²) in [6.07, 6.45) is 0.170. The molecule has 2 aromatic rings. The molecule has 1 fully saturated rings. The Labute approximate surface area is 170 Å². The van der Waals surface area contributed by atoms with Crippen LogP contribution in [0.15, 0.2) is 48.5 Å². The second kappa shape index (κ2) is 8.17. The quantitative estimate of drug-likeness (QED) is 0.769. The second-order valence-electron chi connectivity index (χ2n) is 7.85. The number of piperazine rings is 1. The van der Waals surface area contributed by atoms with Gasteiger partial charge in [-0.3, -0.25) is 19.3 Å². The molecule has 1 saturated heterocycles. The van der Waals surface area contributed by atoms with Gasteiger partial charge in [0.25, 0.3) is 5.91 Å². The van der Waals surface area contributed by atoms with E-state index in [-0.39, 0.29) is 30.7 Å². The molecule has 0 atom stereocenters. The predicted octanol–water partition coefficient (Wildman–Crippen LogP) is 0.447. The van der Waals surface area contributed by atoms with Gasteiger partial charge >= 0.3 is 0 Å². The monoisotopic (exact) mass is 392 g/mol. The van der Waals surface area contributed by atoms with Crippen LogP contribution in [0.5, 0.6) is 0 Å². The van der Waals surface area contributed by atoms with Crippen molar-refractivity contribution >= 4 is 17.7 Å². The lowest BCUT2D eigenvalue weighted by molar-refractivity contribution is -0.917. The largest absolute Gasteiger partial charge is 0.330 e. The Bertz CT molecular complexity index is 948. The van der Waals surface area contributed by atoms with Crippen LogP contribution < -0.4 is 4.90 Å². The minimum Gasteiger partial charge on any atom is -0.330 e. The molecule has 3 amide bonds. The number of hydrogen-bond donors (Lipinski definition) is 1. The third-order valence-electron chi connectivity index (χ3n) is 5.95. The van der Waals surface area contributed by atoms with E-state index in [1.54, 1.807) is 23.1 Å². The molecular weight excluding hydrogens is 366 g/mol. The van der Waals surface area contributed by atoms with Gasteiger partial charge in [0.2, 0.25) is 11.8 Å². The average molecular weight is 392 g/mol. The number of nitrogens with one attached hydrogen (secondary N) is 1. The van der Waals surface area contributed by atoms with Crippen molar-refractivity contribution in [1.29, 1.82) is 0 Å². The van der Waals surface area contributed by atoms with Crippen molar-refractivity contribution in [3.05, 3.63) is 70.8 Å². The Balaban J connectivity index is 1.34. The number of imide groups is 1. The number of aryl methyl sites for hydroxylation is 1. The highest BCUT2D eigenvalue weighted by Gasteiger charge is 2.34. The van der Waals surface area contributed by atoms with Gasteiger partial charge in [0.1, 0.15) is 13.1 Å². The van der Waals surface area contributed by atoms with Crippen molar-refractivity contribution < 1.29 is 19.3 Å². The van der Waals surface area contributed by atoms with Crippen LogP contribution in [0.3, 0.4) is 0 Å². The summed E-state index contributed by atoms with van der Waals surface area (Å²) in [6, 6.07) is 15.5. The van der Waals surface area contributed by atoms with Gasteiger partial charge in [0.15, 0.2) is 0 Å². The lowest BCUT2D eigenvalue weighted by Crippen LogP contribution is -3.13. The second-order valence-corrected chi connectivity index (χ2v) is 7.85. The molecule has 6 nitrogen and oxygen atoms in total. The van der Waals surface area contributed by atoms with Crippen molar-refractivity contribution in [2.24, 2.45) is 0 Å². The minimum absolute atomic E-state index is 0.152. The molecular formula is C23H26N3O3+. The van der Waals surface area contributed by atoms with E-state index in [0.717, 1.165) is 30.1 Å². The Kier molecular flexibility index (Phi) is 5.45. The fourth-order valence-electron chi connectivity index (χ4n) is 4.12. The lowest BCUT2D eigenvalue weighted by Gasteiger charge is -2.34. The maximum atomic E-state index is 12.8. The van der Waals surface area contributed by atoms with Crippen molar-refractivity contribution in [2.45, 2.75) is 19.9 Å². The molecule has 6 heteroatoms. The van der Waals surface area contributed by atoms with E-state index in [2.05, 4.69) is 25.1 Å². The third kappa shape index (κ3) is 4.07. The maximum Gasteiger partial charge on any atom is 0.261 e. The van der Waals surface area contributed by atoms with E-state index >= 15 is 0 Å². The number of carbonyl (C=O) groups is 3. The van der Waals surface area contributed by atoms with Gasteiger partial charge in [-0.1, -0.05) is 42.5 Å². The molecule has 2 aliphatic heterocycles. The maximum absolute atomic E-state index is 12.8. The summed E-state index contributed by atoms with van der Waals surface area (Å²) in [4.78, 5) is 42.2. The van der Waals surface area contributed by atoms with E-state index in [1.165, 1.54) is 16.0 Å². The smallest absolute Gasteiger partial charge is 0.261 e. The van der Waals surface area contributed by atoms with E-state index in [4.69, 9.17) is 0 Å². The van der Waals surface area contributed by atoms with Crippen LogP contribution in [-0.2, 0) is 22.6 Å². The van der Waals surface area contributed by atoms with Crippen LogP contribution in [0.4, 0.5) is 0 Å². The molecule has 0 unspecified atom stereocenters. The molecule has 0 bridgehead atoms. The number of nitrogens with zero attached hydrogens (tertiary/aromatic N) is 2. The van der Waals surface area contributed by atoms with Gasteiger partial charge in [-0.15, -0.1) is 0 Å². The number of benzene rings is 2. The molecule has 4 rings (SSSR count). The molecule has 0 radical (unpaired) electrons. The zero-order valence-electron chi connectivity index (χ0n) is 16.7. The standard InChI is InChI=1S/C23H25N3O3/c1-17-6-2-3-8-19(17)15-24-10-12-25(13-11-24)22(28)16-26-21(27)14-18-7-4-5-9-20(18)23(26)29/h2-9H,10-16H2,1H3/p+1. The average Bonchev–Trinajstić information content (AvgIpc) is 2.73. The molecule has 0 spiro atoms. The van der Waals surface area contributed by atoms with Crippen LogP contribution in [0.2, 0.25) is 0 Å². The number of quaternary nitrogens is 1. The fraction of sp³-hybridized carbons (Fsp3) is 0.348. The molecule has 0 aliphatic carbocycles. The van der Waals surface area contributed by atoms with Crippen LogP contribution in [-0.4, -0.2) is 60.2 Å². The van der Waals surface area contributed by atoms with Gasteiger partial charge in [0, 0.05) is 11.1 Å². The highest BCUT2D eigenvalue weighted by molar-refractivity contribution is 6.11. The first-order valence-electron chi connectivity index (χ1n) is 10.1. The molecule has 0 saturated carbocycles. The van der Waals surface area contributed by atoms with E-state index < -0.39 is 0 Å². The molecule has 2 aliphatic rings. The van der Waals surface area contributed by atoms with E-state index in [0.29, 0.717) is 18.7 Å². The van der Waals surface area contributed by atoms with Crippen molar-refractivity contribution in [1.82, 2.24) is 9.80 Å². The number of amides is 3. The first-order chi connectivity index (χ1) is 14.0. The van der Waals surface area contributed by atoms with Gasteiger partial charge < -0.3 is 9.80 Å². The molecule has 29 heavy (non-hydrogen) atoms. The van der Waals surface area contributed by atoms with Crippen molar-refractivity contribution in [3.63, 3.8) is 0 Å². The molecule has 2 heterocycles. The Morgan fingerprint density at radius 3 is 2.45 bits per heavy atom. The summed E-state index contributed by atoms with van der Waals surface area (Å²) in [7, 11) is 0. The van der Waals surface area contributed by atoms with Gasteiger partial charge in [-0.25, -0.2) is 0 Å². The number of carbonyl (C=O) groups excluding carboxylic acids is 3. The van der Waals surface area contributed by atoms with Crippen LogP contribution in [0.1, 0.15) is 27.0 Å². The van der Waals surface area contributed by atoms with Crippen LogP contribution >= 0.6 is 0 Å². The highest BCUT2D eigenvalue weighted by atomic mass is 16.2. The summed E-state index contributed by atoms with van der Waals surface area (Å²) >= 11 is 0. The molecule has 150 valence electrons. The van der Waals surface area contributed by atoms with Crippen LogP contribution in [0, 0.1) is 6.92 Å². The first-order valence-corrected chi connectivity index (χ1v) is 10.1. The Hall–Kier alpha value is -2.99. The number of hydrogen-bond acceptors (Lipinski definition) is 3. The van der Waals surface area contributed by atoms with Crippen LogP contribution in [0.25, 0.3) is 0 Å². The fourth-order valence-corrected chi connectivity index (χ4v) is 4.12. The molecule has 2 aromatic carbocycles. The minimum atomic E-state index is -0.367. The van der Waals surface area contributed by atoms with Gasteiger partial charge in [0.05, 0.1) is 32.6 Å². The van der Waals surface area contributed by atoms with Gasteiger partial charge in [-0.2, -0.15) is 0 Å². The van der Waals surface area contributed by atoms with E-state index in [1.807, 2.05) is 12.1 Å². The van der Waals surface area contributed by atoms with Crippen molar-refractivity contribution in [2.75, 3.05) is 32.7 Å². The third-order valence-corrected chi connectivity index (χ3v) is 5.95. The summed E-state index contributed by atoms with van der Waals surface area (Å²) < 4.78 is 0. The van der Waals surface area contributed by atoms with E-state index in [9.17, 15) is 14.4 Å². The molecule has 1 N–H and O–H groups in total. The topological polar surface area (TPSA) is 62.1 Å². The zero-order valence-corrected chi connectivity index (χ0v) is 16.7. The van der Waals surface area contributed by atoms with Gasteiger partial charge in [-0.05, 0) is 24.1 Å². The highest BCUT2D eigenvalue weighted by Crippen LogP contribution is 2.19. The van der Waals surface area contributed by atoms with Crippen molar-refractivity contribution in [3.8, 4) is 0 Å². The summed E-state index contributed by atoms with van der Waals surface area (Å²) in [5, 5.41) is 0. The SMILES string of the molecule is Cc1ccccc1C[NH+]1CCN(C(=O)CN2C(=O)Cc3ccccc3C2=O)CC1. The Morgan fingerprint density at radius 2 is 1.69 bits per heavy atom. The summed E-state index contributed by atoms with van der Waals surface area (Å²) in [6.45, 7) is 5.93. The number of fused-ring (bicyclic) bond motifs is 1.